The molecular formula is C10H12FN3O2. The Morgan fingerprint density at radius 2 is 2.44 bits per heavy atom. The molecule has 0 saturated carbocycles. The number of nitrogen functional groups attached to an aromatic ring is 1. The van der Waals surface area contributed by atoms with Crippen LogP contribution in [0.25, 0.3) is 0 Å². The Labute approximate surface area is 92.0 Å². The molecule has 1 atom stereocenters. The highest BCUT2D eigenvalue weighted by Crippen LogP contribution is 2.14. The van der Waals surface area contributed by atoms with Crippen molar-refractivity contribution in [3.63, 3.8) is 0 Å². The van der Waals surface area contributed by atoms with Gasteiger partial charge in [0, 0.05) is 12.7 Å². The summed E-state index contributed by atoms with van der Waals surface area (Å²) in [5, 5.41) is 6.80. The molecule has 0 fully saturated rings. The molecule has 2 rings (SSSR count). The number of nitrogens with one attached hydrogen (secondary N) is 1. The first kappa shape index (κ1) is 10.7. The second-order valence-electron chi connectivity index (χ2n) is 3.37. The molecule has 0 saturated heterocycles. The van der Waals surface area contributed by atoms with Gasteiger partial charge < -0.3 is 20.6 Å². The molecule has 16 heavy (non-hydrogen) atoms. The Bertz CT molecular complexity index is 423. The van der Waals surface area contributed by atoms with Gasteiger partial charge in [0.05, 0.1) is 5.69 Å². The van der Waals surface area contributed by atoms with Crippen molar-refractivity contribution >= 4 is 11.5 Å². The van der Waals surface area contributed by atoms with Crippen LogP contribution in [0.3, 0.4) is 0 Å². The van der Waals surface area contributed by atoms with Crippen LogP contribution in [0.5, 0.6) is 0 Å². The Balaban J connectivity index is 2.11. The molecule has 0 aromatic heterocycles. The predicted molar refractivity (Wildman–Crippen MR) is 57.2 cm³/mol. The number of nitrogens with zero attached hydrogens (tertiary/aromatic N) is 1. The number of benzene rings is 1. The van der Waals surface area contributed by atoms with Crippen molar-refractivity contribution < 1.29 is 14.0 Å². The molecule has 1 unspecified atom stereocenters. The molecule has 3 N–H and O–H groups in total. The smallest absolute Gasteiger partial charge is 0.222 e. The zero-order valence-corrected chi connectivity index (χ0v) is 8.74. The number of nitrogens with two attached hydrogens (primary N) is 1. The maximum atomic E-state index is 12.9. The lowest BCUT2D eigenvalue weighted by Gasteiger charge is -2.08. The molecule has 5 nitrogen and oxygen atoms in total. The molecule has 0 spiro atoms. The third-order valence-corrected chi connectivity index (χ3v) is 2.16. The largest absolute Gasteiger partial charge is 0.396 e. The van der Waals surface area contributed by atoms with Gasteiger partial charge in [0.2, 0.25) is 6.23 Å². The van der Waals surface area contributed by atoms with Crippen LogP contribution in [-0.4, -0.2) is 25.8 Å². The number of hydrogen-bond donors (Lipinski definition) is 2. The maximum absolute atomic E-state index is 12.9. The quantitative estimate of drug-likeness (QED) is 0.741. The minimum Gasteiger partial charge on any atom is -0.396 e. The van der Waals surface area contributed by atoms with Gasteiger partial charge in [-0.2, -0.15) is 0 Å². The Morgan fingerprint density at radius 3 is 3.12 bits per heavy atom. The molecule has 0 radical (unpaired) electrons. The number of hydrogen-bond acceptors (Lipinski definition) is 5. The first-order valence-corrected chi connectivity index (χ1v) is 4.75. The first-order chi connectivity index (χ1) is 7.70. The Morgan fingerprint density at radius 1 is 1.62 bits per heavy atom. The molecule has 86 valence electrons. The number of oxime groups is 1. The second kappa shape index (κ2) is 4.36. The summed E-state index contributed by atoms with van der Waals surface area (Å²) in [5.74, 6) is 0.0745. The fourth-order valence-corrected chi connectivity index (χ4v) is 1.37. The van der Waals surface area contributed by atoms with Gasteiger partial charge in [-0.05, 0) is 18.2 Å². The normalized spacial score (nSPS) is 18.9. The van der Waals surface area contributed by atoms with E-state index in [0.717, 1.165) is 0 Å². The van der Waals surface area contributed by atoms with Crippen molar-refractivity contribution in [2.75, 3.05) is 19.5 Å². The zero-order chi connectivity index (χ0) is 11.5. The fourth-order valence-electron chi connectivity index (χ4n) is 1.37. The number of anilines is 1. The number of rotatable bonds is 3. The number of methoxy groups -OCH3 is 1. The average Bonchev–Trinajstić information content (AvgIpc) is 2.71. The highest BCUT2D eigenvalue weighted by molar-refractivity contribution is 5.99. The summed E-state index contributed by atoms with van der Waals surface area (Å²) in [5.41, 5.74) is 6.22. The summed E-state index contributed by atoms with van der Waals surface area (Å²) in [7, 11) is 1.57. The third-order valence-electron chi connectivity index (χ3n) is 2.16. The lowest BCUT2D eigenvalue weighted by Crippen LogP contribution is -2.33. The first-order valence-electron chi connectivity index (χ1n) is 4.75. The monoisotopic (exact) mass is 225 g/mol. The average molecular weight is 225 g/mol. The standard InChI is InChI=1S/C10H12FN3O2/c1-15-5-9-13-10(14-16-9)6-2-3-7(11)8(12)4-6/h2-4,9H,5,12H2,1H3,(H,13,14). The minimum atomic E-state index is -0.447. The van der Waals surface area contributed by atoms with Crippen LogP contribution >= 0.6 is 0 Å². The van der Waals surface area contributed by atoms with Gasteiger partial charge in [-0.1, -0.05) is 5.16 Å². The minimum absolute atomic E-state index is 0.0807. The molecule has 0 aliphatic carbocycles. The van der Waals surface area contributed by atoms with E-state index < -0.39 is 5.82 Å². The summed E-state index contributed by atoms with van der Waals surface area (Å²) in [6, 6.07) is 4.37. The summed E-state index contributed by atoms with van der Waals surface area (Å²) in [6.45, 7) is 0.379. The van der Waals surface area contributed by atoms with E-state index in [4.69, 9.17) is 15.3 Å². The fraction of sp³-hybridized carbons (Fsp3) is 0.300. The number of amidine groups is 1. The molecule has 1 aliphatic rings. The maximum Gasteiger partial charge on any atom is 0.222 e. The predicted octanol–water partition coefficient (Wildman–Crippen LogP) is 0.662. The summed E-state index contributed by atoms with van der Waals surface area (Å²) >= 11 is 0. The summed E-state index contributed by atoms with van der Waals surface area (Å²) in [6.07, 6.45) is -0.314. The van der Waals surface area contributed by atoms with Crippen LogP contribution in [0.1, 0.15) is 5.56 Å². The number of ether oxygens (including phenoxy) is 1. The van der Waals surface area contributed by atoms with E-state index in [-0.39, 0.29) is 11.9 Å². The van der Waals surface area contributed by atoms with Crippen LogP contribution in [0.4, 0.5) is 10.1 Å². The molecule has 1 heterocycles. The van der Waals surface area contributed by atoms with Crippen LogP contribution < -0.4 is 11.1 Å². The highest BCUT2D eigenvalue weighted by atomic mass is 19.1. The van der Waals surface area contributed by atoms with Gasteiger partial charge in [0.25, 0.3) is 0 Å². The van der Waals surface area contributed by atoms with E-state index in [1.165, 1.54) is 12.1 Å². The molecular weight excluding hydrogens is 213 g/mol. The van der Waals surface area contributed by atoms with Gasteiger partial charge in [-0.3, -0.25) is 0 Å². The van der Waals surface area contributed by atoms with Crippen molar-refractivity contribution in [3.8, 4) is 0 Å². The van der Waals surface area contributed by atoms with Gasteiger partial charge >= 0.3 is 0 Å². The van der Waals surface area contributed by atoms with Gasteiger partial charge in [0.1, 0.15) is 12.4 Å². The molecule has 1 aromatic rings. The van der Waals surface area contributed by atoms with Crippen molar-refractivity contribution in [1.29, 1.82) is 0 Å². The van der Waals surface area contributed by atoms with Crippen LogP contribution in [0.15, 0.2) is 23.4 Å². The van der Waals surface area contributed by atoms with Gasteiger partial charge in [-0.25, -0.2) is 4.39 Å². The van der Waals surface area contributed by atoms with E-state index >= 15 is 0 Å². The van der Waals surface area contributed by atoms with Crippen LogP contribution in [0, 0.1) is 5.82 Å². The lowest BCUT2D eigenvalue weighted by molar-refractivity contribution is 0.0104. The van der Waals surface area contributed by atoms with Crippen molar-refractivity contribution in [1.82, 2.24) is 5.32 Å². The number of halogens is 1. The zero-order valence-electron chi connectivity index (χ0n) is 8.74. The van der Waals surface area contributed by atoms with E-state index in [1.807, 2.05) is 0 Å². The van der Waals surface area contributed by atoms with Crippen LogP contribution in [0.2, 0.25) is 0 Å². The highest BCUT2D eigenvalue weighted by Gasteiger charge is 2.20. The topological polar surface area (TPSA) is 68.9 Å². The van der Waals surface area contributed by atoms with E-state index in [1.54, 1.807) is 13.2 Å². The summed E-state index contributed by atoms with van der Waals surface area (Å²) < 4.78 is 17.9. The van der Waals surface area contributed by atoms with Crippen molar-refractivity contribution in [3.05, 3.63) is 29.6 Å². The molecule has 0 bridgehead atoms. The van der Waals surface area contributed by atoms with E-state index in [0.29, 0.717) is 18.0 Å². The molecule has 6 heteroatoms. The van der Waals surface area contributed by atoms with E-state index in [2.05, 4.69) is 10.5 Å². The SMILES string of the molecule is COCC1NC(c2ccc(F)c(N)c2)=NO1. The van der Waals surface area contributed by atoms with Crippen molar-refractivity contribution in [2.24, 2.45) is 5.16 Å². The lowest BCUT2D eigenvalue weighted by atomic mass is 10.2. The van der Waals surface area contributed by atoms with Gasteiger partial charge in [-0.15, -0.1) is 0 Å². The second-order valence-corrected chi connectivity index (χ2v) is 3.37. The summed E-state index contributed by atoms with van der Waals surface area (Å²) in [4.78, 5) is 5.05. The Hall–Kier alpha value is -1.82. The molecule has 1 aromatic carbocycles. The van der Waals surface area contributed by atoms with E-state index in [9.17, 15) is 4.39 Å². The molecule has 0 amide bonds. The van der Waals surface area contributed by atoms with Crippen molar-refractivity contribution in [2.45, 2.75) is 6.23 Å². The molecule has 1 aliphatic heterocycles. The van der Waals surface area contributed by atoms with Crippen LogP contribution in [-0.2, 0) is 9.57 Å². The third kappa shape index (κ3) is 2.06. The van der Waals surface area contributed by atoms with Gasteiger partial charge in [0.15, 0.2) is 5.84 Å². The Kier molecular flexibility index (Phi) is 2.91.